The Balaban J connectivity index is 1.86. The maximum absolute atomic E-state index is 6.42. The Bertz CT molecular complexity index is 462. The van der Waals surface area contributed by atoms with E-state index in [2.05, 4.69) is 60.7 Å². The smallest absolute Gasteiger partial charge is 0.0497 e. The first-order valence-electron chi connectivity index (χ1n) is 6.99. The van der Waals surface area contributed by atoms with Crippen LogP contribution in [0.25, 0.3) is 0 Å². The SMILES string of the molecule is NN1C(c2ccccc2)CCCC1c1ccccc1. The fourth-order valence-electron chi connectivity index (χ4n) is 3.05. The lowest BCUT2D eigenvalue weighted by Gasteiger charge is -2.39. The van der Waals surface area contributed by atoms with Crippen LogP contribution in [-0.4, -0.2) is 5.01 Å². The molecule has 0 radical (unpaired) electrons. The van der Waals surface area contributed by atoms with Crippen LogP contribution in [0.4, 0.5) is 0 Å². The molecule has 1 heterocycles. The first-order chi connectivity index (χ1) is 9.36. The third kappa shape index (κ3) is 2.55. The topological polar surface area (TPSA) is 29.3 Å². The minimum Gasteiger partial charge on any atom is -0.268 e. The van der Waals surface area contributed by atoms with Crippen molar-refractivity contribution in [2.24, 2.45) is 5.84 Å². The van der Waals surface area contributed by atoms with E-state index in [-0.39, 0.29) is 0 Å². The molecule has 98 valence electrons. The van der Waals surface area contributed by atoms with Crippen molar-refractivity contribution in [2.45, 2.75) is 31.3 Å². The van der Waals surface area contributed by atoms with Gasteiger partial charge in [0.15, 0.2) is 0 Å². The van der Waals surface area contributed by atoms with E-state index < -0.39 is 0 Å². The first kappa shape index (κ1) is 12.4. The van der Waals surface area contributed by atoms with Gasteiger partial charge in [-0.25, -0.2) is 5.01 Å². The van der Waals surface area contributed by atoms with E-state index in [0.29, 0.717) is 12.1 Å². The van der Waals surface area contributed by atoms with Crippen LogP contribution in [0, 0.1) is 0 Å². The van der Waals surface area contributed by atoms with Crippen LogP contribution in [0.15, 0.2) is 60.7 Å². The van der Waals surface area contributed by atoms with Crippen molar-refractivity contribution in [3.8, 4) is 0 Å². The summed E-state index contributed by atoms with van der Waals surface area (Å²) >= 11 is 0. The van der Waals surface area contributed by atoms with Gasteiger partial charge in [-0.2, -0.15) is 0 Å². The Morgan fingerprint density at radius 2 is 1.16 bits per heavy atom. The van der Waals surface area contributed by atoms with Gasteiger partial charge >= 0.3 is 0 Å². The van der Waals surface area contributed by atoms with Gasteiger partial charge in [0.05, 0.1) is 0 Å². The number of benzene rings is 2. The summed E-state index contributed by atoms with van der Waals surface area (Å²) in [5.41, 5.74) is 2.65. The zero-order valence-electron chi connectivity index (χ0n) is 11.1. The highest BCUT2D eigenvalue weighted by Crippen LogP contribution is 2.38. The molecule has 1 aliphatic rings. The second-order valence-corrected chi connectivity index (χ2v) is 5.23. The van der Waals surface area contributed by atoms with Gasteiger partial charge in [-0.05, 0) is 30.4 Å². The lowest BCUT2D eigenvalue weighted by molar-refractivity contribution is 0.0825. The summed E-state index contributed by atoms with van der Waals surface area (Å²) in [6, 6.07) is 21.9. The summed E-state index contributed by atoms with van der Waals surface area (Å²) in [4.78, 5) is 0. The number of piperidine rings is 1. The summed E-state index contributed by atoms with van der Waals surface area (Å²) in [7, 11) is 0. The quantitative estimate of drug-likeness (QED) is 0.823. The predicted molar refractivity (Wildman–Crippen MR) is 78.2 cm³/mol. The molecule has 19 heavy (non-hydrogen) atoms. The zero-order chi connectivity index (χ0) is 13.1. The lowest BCUT2D eigenvalue weighted by Crippen LogP contribution is -2.41. The van der Waals surface area contributed by atoms with Crippen LogP contribution in [-0.2, 0) is 0 Å². The Hall–Kier alpha value is -1.64. The van der Waals surface area contributed by atoms with E-state index in [1.54, 1.807) is 0 Å². The van der Waals surface area contributed by atoms with E-state index in [1.807, 2.05) is 5.01 Å². The molecule has 1 fully saturated rings. The monoisotopic (exact) mass is 252 g/mol. The molecule has 0 amide bonds. The van der Waals surface area contributed by atoms with Gasteiger partial charge in [-0.15, -0.1) is 0 Å². The summed E-state index contributed by atoms with van der Waals surface area (Å²) in [6.45, 7) is 0. The maximum atomic E-state index is 6.42. The van der Waals surface area contributed by atoms with Crippen molar-refractivity contribution in [1.29, 1.82) is 0 Å². The minimum atomic E-state index is 0.333. The molecule has 2 aromatic carbocycles. The van der Waals surface area contributed by atoms with Crippen LogP contribution in [0.5, 0.6) is 0 Å². The van der Waals surface area contributed by atoms with Gasteiger partial charge < -0.3 is 0 Å². The molecule has 0 saturated carbocycles. The Kier molecular flexibility index (Phi) is 3.62. The number of hydrogen-bond acceptors (Lipinski definition) is 2. The molecule has 0 aromatic heterocycles. The number of nitrogens with zero attached hydrogens (tertiary/aromatic N) is 1. The van der Waals surface area contributed by atoms with Gasteiger partial charge in [-0.1, -0.05) is 60.7 Å². The highest BCUT2D eigenvalue weighted by molar-refractivity contribution is 5.23. The highest BCUT2D eigenvalue weighted by atomic mass is 15.4. The largest absolute Gasteiger partial charge is 0.268 e. The van der Waals surface area contributed by atoms with Crippen molar-refractivity contribution >= 4 is 0 Å². The second kappa shape index (κ2) is 5.55. The molecule has 2 heteroatoms. The molecule has 1 saturated heterocycles. The number of hydrogen-bond donors (Lipinski definition) is 1. The fourth-order valence-corrected chi connectivity index (χ4v) is 3.05. The van der Waals surface area contributed by atoms with Gasteiger partial charge in [0.2, 0.25) is 0 Å². The van der Waals surface area contributed by atoms with Crippen molar-refractivity contribution in [1.82, 2.24) is 5.01 Å². The molecule has 3 rings (SSSR count). The highest BCUT2D eigenvalue weighted by Gasteiger charge is 2.29. The van der Waals surface area contributed by atoms with E-state index in [0.717, 1.165) is 12.8 Å². The molecular formula is C17H20N2. The van der Waals surface area contributed by atoms with Crippen molar-refractivity contribution in [3.63, 3.8) is 0 Å². The van der Waals surface area contributed by atoms with Crippen LogP contribution < -0.4 is 5.84 Å². The molecule has 2 unspecified atom stereocenters. The maximum Gasteiger partial charge on any atom is 0.0497 e. The summed E-state index contributed by atoms with van der Waals surface area (Å²) in [5.74, 6) is 6.42. The van der Waals surface area contributed by atoms with Crippen LogP contribution >= 0.6 is 0 Å². The summed E-state index contributed by atoms with van der Waals surface area (Å²) in [6.07, 6.45) is 3.51. The average Bonchev–Trinajstić information content (AvgIpc) is 2.49. The van der Waals surface area contributed by atoms with E-state index in [1.165, 1.54) is 17.5 Å². The Labute approximate surface area is 114 Å². The lowest BCUT2D eigenvalue weighted by atomic mass is 9.89. The standard InChI is InChI=1S/C17H20N2/c18-19-16(14-8-3-1-4-9-14)12-7-13-17(19)15-10-5-2-6-11-15/h1-6,8-11,16-17H,7,12-13,18H2. The van der Waals surface area contributed by atoms with Crippen molar-refractivity contribution in [3.05, 3.63) is 71.8 Å². The number of hydrazine groups is 1. The molecule has 2 atom stereocenters. The Morgan fingerprint density at radius 1 is 0.737 bits per heavy atom. The number of rotatable bonds is 2. The van der Waals surface area contributed by atoms with Crippen LogP contribution in [0.3, 0.4) is 0 Å². The molecule has 0 aliphatic carbocycles. The van der Waals surface area contributed by atoms with Gasteiger partial charge in [0.1, 0.15) is 0 Å². The normalized spacial score (nSPS) is 24.3. The Morgan fingerprint density at radius 3 is 1.58 bits per heavy atom. The predicted octanol–water partition coefficient (Wildman–Crippen LogP) is 3.83. The van der Waals surface area contributed by atoms with E-state index in [9.17, 15) is 0 Å². The minimum absolute atomic E-state index is 0.333. The fraction of sp³-hybridized carbons (Fsp3) is 0.294. The van der Waals surface area contributed by atoms with E-state index >= 15 is 0 Å². The molecule has 0 spiro atoms. The van der Waals surface area contributed by atoms with E-state index in [4.69, 9.17) is 5.84 Å². The molecule has 0 bridgehead atoms. The van der Waals surface area contributed by atoms with Crippen molar-refractivity contribution in [2.75, 3.05) is 0 Å². The van der Waals surface area contributed by atoms with Crippen LogP contribution in [0.1, 0.15) is 42.5 Å². The van der Waals surface area contributed by atoms with Crippen LogP contribution in [0.2, 0.25) is 0 Å². The van der Waals surface area contributed by atoms with Gasteiger partial charge in [0.25, 0.3) is 0 Å². The molecule has 2 nitrogen and oxygen atoms in total. The number of nitrogens with two attached hydrogens (primary N) is 1. The van der Waals surface area contributed by atoms with Gasteiger partial charge in [-0.3, -0.25) is 5.84 Å². The average molecular weight is 252 g/mol. The second-order valence-electron chi connectivity index (χ2n) is 5.23. The van der Waals surface area contributed by atoms with Crippen molar-refractivity contribution < 1.29 is 0 Å². The van der Waals surface area contributed by atoms with Gasteiger partial charge in [0, 0.05) is 12.1 Å². The third-order valence-electron chi connectivity index (χ3n) is 4.04. The molecule has 2 N–H and O–H groups in total. The molecular weight excluding hydrogens is 232 g/mol. The third-order valence-corrected chi connectivity index (χ3v) is 4.04. The summed E-state index contributed by atoms with van der Waals surface area (Å²) < 4.78 is 0. The summed E-state index contributed by atoms with van der Waals surface area (Å²) in [5, 5.41) is 2.05. The zero-order valence-corrected chi connectivity index (χ0v) is 11.1. The molecule has 1 aliphatic heterocycles. The molecule has 2 aromatic rings. The first-order valence-corrected chi connectivity index (χ1v) is 6.99.